The van der Waals surface area contributed by atoms with Gasteiger partial charge < -0.3 is 5.32 Å². The summed E-state index contributed by atoms with van der Waals surface area (Å²) in [4.78, 5) is 4.21. The van der Waals surface area contributed by atoms with Gasteiger partial charge in [0, 0.05) is 6.04 Å². The molecular weight excluding hydrogens is 216 g/mol. The second-order valence-electron chi connectivity index (χ2n) is 3.25. The molecule has 0 radical (unpaired) electrons. The van der Waals surface area contributed by atoms with E-state index in [1.807, 2.05) is 6.20 Å². The van der Waals surface area contributed by atoms with Crippen LogP contribution >= 0.6 is 15.9 Å². The lowest BCUT2D eigenvalue weighted by Crippen LogP contribution is -2.01. The molecule has 1 saturated carbocycles. The van der Waals surface area contributed by atoms with Gasteiger partial charge in [0.2, 0.25) is 0 Å². The summed E-state index contributed by atoms with van der Waals surface area (Å²) in [5, 5.41) is 3.40. The monoisotopic (exact) mass is 226 g/mol. The lowest BCUT2D eigenvalue weighted by atomic mass is 10.3. The number of pyridine rings is 1. The van der Waals surface area contributed by atoms with Crippen molar-refractivity contribution < 1.29 is 0 Å². The predicted molar refractivity (Wildman–Crippen MR) is 53.3 cm³/mol. The van der Waals surface area contributed by atoms with E-state index in [2.05, 4.69) is 39.2 Å². The summed E-state index contributed by atoms with van der Waals surface area (Å²) < 4.78 is 0.934. The van der Waals surface area contributed by atoms with E-state index in [4.69, 9.17) is 0 Å². The van der Waals surface area contributed by atoms with E-state index in [9.17, 15) is 0 Å². The highest BCUT2D eigenvalue weighted by Crippen LogP contribution is 2.25. The summed E-state index contributed by atoms with van der Waals surface area (Å²) in [6, 6.07) is 2.82. The zero-order valence-electron chi connectivity index (χ0n) is 6.97. The fourth-order valence-electron chi connectivity index (χ4n) is 1.10. The standard InChI is InChI=1S/C9H11BrN2/c1-6-4-8(5-11-9(6)10)12-7-2-3-7/h4-5,7,12H,2-3H2,1H3. The van der Waals surface area contributed by atoms with Crippen molar-refractivity contribution in [2.45, 2.75) is 25.8 Å². The van der Waals surface area contributed by atoms with Crippen LogP contribution in [-0.2, 0) is 0 Å². The molecule has 0 amide bonds. The molecule has 1 aromatic rings. The van der Waals surface area contributed by atoms with Gasteiger partial charge in [-0.15, -0.1) is 0 Å². The lowest BCUT2D eigenvalue weighted by molar-refractivity contribution is 1.12. The molecule has 0 saturated heterocycles. The van der Waals surface area contributed by atoms with Crippen LogP contribution in [0.2, 0.25) is 0 Å². The first kappa shape index (κ1) is 8.05. The van der Waals surface area contributed by atoms with Crippen LogP contribution in [0.4, 0.5) is 5.69 Å². The summed E-state index contributed by atoms with van der Waals surface area (Å²) in [7, 11) is 0. The van der Waals surface area contributed by atoms with Gasteiger partial charge in [-0.1, -0.05) is 0 Å². The predicted octanol–water partition coefficient (Wildman–Crippen LogP) is 2.73. The summed E-state index contributed by atoms with van der Waals surface area (Å²) in [5.41, 5.74) is 2.32. The maximum absolute atomic E-state index is 4.21. The van der Waals surface area contributed by atoms with E-state index in [1.54, 1.807) is 0 Å². The van der Waals surface area contributed by atoms with E-state index in [0.717, 1.165) is 10.3 Å². The minimum atomic E-state index is 0.701. The maximum atomic E-state index is 4.21. The van der Waals surface area contributed by atoms with Crippen LogP contribution in [0.15, 0.2) is 16.9 Å². The normalized spacial score (nSPS) is 16.2. The highest BCUT2D eigenvalue weighted by atomic mass is 79.9. The average molecular weight is 227 g/mol. The van der Waals surface area contributed by atoms with Gasteiger partial charge in [-0.05, 0) is 47.3 Å². The zero-order chi connectivity index (χ0) is 8.55. The third-order valence-electron chi connectivity index (χ3n) is 1.96. The number of rotatable bonds is 2. The van der Waals surface area contributed by atoms with Gasteiger partial charge in [-0.3, -0.25) is 0 Å². The van der Waals surface area contributed by atoms with Crippen LogP contribution in [-0.4, -0.2) is 11.0 Å². The first-order valence-corrected chi connectivity index (χ1v) is 4.93. The van der Waals surface area contributed by atoms with Crippen molar-refractivity contribution in [3.8, 4) is 0 Å². The van der Waals surface area contributed by atoms with Crippen molar-refractivity contribution in [1.82, 2.24) is 4.98 Å². The minimum absolute atomic E-state index is 0.701. The van der Waals surface area contributed by atoms with Crippen molar-refractivity contribution in [3.05, 3.63) is 22.4 Å². The van der Waals surface area contributed by atoms with E-state index < -0.39 is 0 Å². The number of nitrogens with one attached hydrogen (secondary N) is 1. The third-order valence-corrected chi connectivity index (χ3v) is 2.79. The molecule has 1 heterocycles. The Kier molecular flexibility index (Phi) is 2.05. The van der Waals surface area contributed by atoms with Gasteiger partial charge in [0.15, 0.2) is 0 Å². The summed E-state index contributed by atoms with van der Waals surface area (Å²) in [6.45, 7) is 2.05. The van der Waals surface area contributed by atoms with Gasteiger partial charge in [-0.25, -0.2) is 4.98 Å². The molecule has 1 fully saturated rings. The van der Waals surface area contributed by atoms with Crippen molar-refractivity contribution in [2.24, 2.45) is 0 Å². The van der Waals surface area contributed by atoms with Crippen LogP contribution in [0.25, 0.3) is 0 Å². The number of hydrogen-bond acceptors (Lipinski definition) is 2. The second-order valence-corrected chi connectivity index (χ2v) is 4.00. The zero-order valence-corrected chi connectivity index (χ0v) is 8.56. The molecule has 0 atom stereocenters. The number of halogens is 1. The summed E-state index contributed by atoms with van der Waals surface area (Å²) in [5.74, 6) is 0. The molecule has 12 heavy (non-hydrogen) atoms. The number of aromatic nitrogens is 1. The SMILES string of the molecule is Cc1cc(NC2CC2)cnc1Br. The molecule has 2 rings (SSSR count). The Bertz CT molecular complexity index is 295. The number of anilines is 1. The van der Waals surface area contributed by atoms with Crippen molar-refractivity contribution in [1.29, 1.82) is 0 Å². The van der Waals surface area contributed by atoms with Crippen LogP contribution in [0.5, 0.6) is 0 Å². The quantitative estimate of drug-likeness (QED) is 0.785. The third kappa shape index (κ3) is 1.78. The molecule has 0 spiro atoms. The molecule has 0 bridgehead atoms. The van der Waals surface area contributed by atoms with Gasteiger partial charge in [0.25, 0.3) is 0 Å². The topological polar surface area (TPSA) is 24.9 Å². The lowest BCUT2D eigenvalue weighted by Gasteiger charge is -2.04. The molecule has 0 aliphatic heterocycles. The molecule has 2 nitrogen and oxygen atoms in total. The molecule has 0 unspecified atom stereocenters. The Morgan fingerprint density at radius 1 is 1.58 bits per heavy atom. The first-order chi connectivity index (χ1) is 5.75. The number of aryl methyl sites for hydroxylation is 1. The Morgan fingerprint density at radius 2 is 2.33 bits per heavy atom. The molecule has 1 N–H and O–H groups in total. The van der Waals surface area contributed by atoms with Crippen molar-refractivity contribution in [2.75, 3.05) is 5.32 Å². The average Bonchev–Trinajstić information content (AvgIpc) is 2.81. The molecular formula is C9H11BrN2. The van der Waals surface area contributed by atoms with Crippen molar-refractivity contribution >= 4 is 21.6 Å². The smallest absolute Gasteiger partial charge is 0.109 e. The van der Waals surface area contributed by atoms with Crippen LogP contribution in [0, 0.1) is 6.92 Å². The van der Waals surface area contributed by atoms with E-state index >= 15 is 0 Å². The molecule has 1 aliphatic rings. The van der Waals surface area contributed by atoms with Crippen LogP contribution in [0.1, 0.15) is 18.4 Å². The van der Waals surface area contributed by atoms with Crippen molar-refractivity contribution in [3.63, 3.8) is 0 Å². The Labute approximate surface area is 80.5 Å². The van der Waals surface area contributed by atoms with Gasteiger partial charge in [0.1, 0.15) is 4.60 Å². The summed E-state index contributed by atoms with van der Waals surface area (Å²) >= 11 is 3.37. The number of nitrogens with zero attached hydrogens (tertiary/aromatic N) is 1. The fraction of sp³-hybridized carbons (Fsp3) is 0.444. The Morgan fingerprint density at radius 3 is 2.92 bits per heavy atom. The van der Waals surface area contributed by atoms with Gasteiger partial charge >= 0.3 is 0 Å². The summed E-state index contributed by atoms with van der Waals surface area (Å²) in [6.07, 6.45) is 4.47. The molecule has 1 aliphatic carbocycles. The Hall–Kier alpha value is -0.570. The van der Waals surface area contributed by atoms with Gasteiger partial charge in [-0.2, -0.15) is 0 Å². The molecule has 0 aromatic carbocycles. The van der Waals surface area contributed by atoms with E-state index in [-0.39, 0.29) is 0 Å². The molecule has 1 aromatic heterocycles. The second kappa shape index (κ2) is 3.05. The fourth-order valence-corrected chi connectivity index (χ4v) is 1.32. The first-order valence-electron chi connectivity index (χ1n) is 4.14. The Balaban J connectivity index is 2.15. The van der Waals surface area contributed by atoms with Crippen LogP contribution < -0.4 is 5.32 Å². The molecule has 64 valence electrons. The maximum Gasteiger partial charge on any atom is 0.109 e. The largest absolute Gasteiger partial charge is 0.381 e. The van der Waals surface area contributed by atoms with E-state index in [0.29, 0.717) is 6.04 Å². The highest BCUT2D eigenvalue weighted by Gasteiger charge is 2.20. The van der Waals surface area contributed by atoms with Crippen LogP contribution in [0.3, 0.4) is 0 Å². The van der Waals surface area contributed by atoms with Gasteiger partial charge in [0.05, 0.1) is 11.9 Å². The molecule has 3 heteroatoms. The number of hydrogen-bond donors (Lipinski definition) is 1. The highest BCUT2D eigenvalue weighted by molar-refractivity contribution is 9.10. The van der Waals surface area contributed by atoms with E-state index in [1.165, 1.54) is 18.4 Å². The minimum Gasteiger partial charge on any atom is -0.381 e.